The van der Waals surface area contributed by atoms with Gasteiger partial charge in [-0.15, -0.1) is 0 Å². The molecule has 2 nitrogen and oxygen atoms in total. The van der Waals surface area contributed by atoms with Crippen molar-refractivity contribution in [1.82, 2.24) is 0 Å². The van der Waals surface area contributed by atoms with Gasteiger partial charge in [-0.1, -0.05) is 42.5 Å². The average molecular weight is 299 g/mol. The Morgan fingerprint density at radius 3 is 2.47 bits per heavy atom. The topological polar surface area (TPSA) is 15.3 Å². The van der Waals surface area contributed by atoms with E-state index in [4.69, 9.17) is 23.2 Å². The van der Waals surface area contributed by atoms with Gasteiger partial charge in [0.05, 0.1) is 21.4 Å². The largest absolute Gasteiger partial charge is 0.383 e. The van der Waals surface area contributed by atoms with Gasteiger partial charge in [-0.3, -0.25) is 0 Å². The maximum atomic E-state index is 6.21. The predicted molar refractivity (Wildman–Crippen MR) is 83.8 cm³/mol. The van der Waals surface area contributed by atoms with Crippen LogP contribution in [0, 0.1) is 0 Å². The molecule has 19 heavy (non-hydrogen) atoms. The normalized spacial score (nSPS) is 21.7. The lowest BCUT2D eigenvalue weighted by Gasteiger charge is -2.45. The van der Waals surface area contributed by atoms with Crippen molar-refractivity contribution in [3.05, 3.63) is 22.2 Å². The number of hydrogen-bond donors (Lipinski definition) is 1. The van der Waals surface area contributed by atoms with Crippen LogP contribution in [0.4, 0.5) is 11.4 Å². The predicted octanol–water partition coefficient (Wildman–Crippen LogP) is 4.95. The monoisotopic (exact) mass is 298 g/mol. The van der Waals surface area contributed by atoms with Crippen LogP contribution in [-0.4, -0.2) is 19.1 Å². The van der Waals surface area contributed by atoms with Crippen LogP contribution in [0.2, 0.25) is 10.0 Å². The van der Waals surface area contributed by atoms with Gasteiger partial charge in [-0.25, -0.2) is 0 Å². The molecule has 4 heteroatoms. The molecule has 0 aromatic heterocycles. The second kappa shape index (κ2) is 5.06. The van der Waals surface area contributed by atoms with E-state index in [2.05, 4.69) is 17.3 Å². The molecule has 1 spiro atoms. The quantitative estimate of drug-likeness (QED) is 0.729. The third-order valence-corrected chi connectivity index (χ3v) is 5.52. The molecule has 0 saturated heterocycles. The van der Waals surface area contributed by atoms with Crippen molar-refractivity contribution in [3.8, 4) is 0 Å². The summed E-state index contributed by atoms with van der Waals surface area (Å²) in [5.74, 6) is 0. The van der Waals surface area contributed by atoms with Crippen molar-refractivity contribution >= 4 is 34.6 Å². The van der Waals surface area contributed by atoms with E-state index in [-0.39, 0.29) is 0 Å². The third-order valence-electron chi connectivity index (χ3n) is 4.80. The van der Waals surface area contributed by atoms with Gasteiger partial charge < -0.3 is 10.2 Å². The van der Waals surface area contributed by atoms with Crippen molar-refractivity contribution in [2.24, 2.45) is 0 Å². The fourth-order valence-electron chi connectivity index (χ4n) is 3.60. The Morgan fingerprint density at radius 2 is 1.74 bits per heavy atom. The molecule has 1 heterocycles. The minimum absolute atomic E-state index is 0.299. The first-order chi connectivity index (χ1) is 9.12. The second-order valence-electron chi connectivity index (χ2n) is 5.80. The molecule has 0 atom stereocenters. The van der Waals surface area contributed by atoms with Crippen molar-refractivity contribution in [2.45, 2.75) is 44.1 Å². The lowest BCUT2D eigenvalue weighted by Crippen LogP contribution is -2.48. The minimum Gasteiger partial charge on any atom is -0.383 e. The van der Waals surface area contributed by atoms with E-state index in [1.165, 1.54) is 44.2 Å². The van der Waals surface area contributed by atoms with Crippen molar-refractivity contribution in [3.63, 3.8) is 0 Å². The highest BCUT2D eigenvalue weighted by Gasteiger charge is 2.38. The Bertz CT molecular complexity index is 481. The van der Waals surface area contributed by atoms with Crippen LogP contribution in [0.1, 0.15) is 38.5 Å². The van der Waals surface area contributed by atoms with Crippen molar-refractivity contribution in [2.75, 3.05) is 23.8 Å². The van der Waals surface area contributed by atoms with Gasteiger partial charge in [0.25, 0.3) is 0 Å². The van der Waals surface area contributed by atoms with Crippen LogP contribution in [-0.2, 0) is 0 Å². The highest BCUT2D eigenvalue weighted by molar-refractivity contribution is 6.42. The van der Waals surface area contributed by atoms with Gasteiger partial charge in [0.15, 0.2) is 0 Å². The molecule has 1 aliphatic carbocycles. The summed E-state index contributed by atoms with van der Waals surface area (Å²) in [6, 6.07) is 3.96. The van der Waals surface area contributed by atoms with E-state index >= 15 is 0 Å². The summed E-state index contributed by atoms with van der Waals surface area (Å²) >= 11 is 12.3. The summed E-state index contributed by atoms with van der Waals surface area (Å²) in [6.07, 6.45) is 7.79. The van der Waals surface area contributed by atoms with Gasteiger partial charge >= 0.3 is 0 Å². The van der Waals surface area contributed by atoms with Crippen LogP contribution in [0.5, 0.6) is 0 Å². The molecule has 1 fully saturated rings. The van der Waals surface area contributed by atoms with Gasteiger partial charge in [0.1, 0.15) is 0 Å². The fraction of sp³-hybridized carbons (Fsp3) is 0.600. The summed E-state index contributed by atoms with van der Waals surface area (Å²) in [6.45, 7) is 1.01. The SMILES string of the molecule is CN1c2cc(Cl)c(Cl)cc2NCCC12CCCCC2. The first kappa shape index (κ1) is 13.4. The zero-order valence-electron chi connectivity index (χ0n) is 11.3. The zero-order chi connectivity index (χ0) is 13.5. The Hall–Kier alpha value is -0.600. The molecule has 0 bridgehead atoms. The van der Waals surface area contributed by atoms with E-state index in [1.807, 2.05) is 12.1 Å². The standard InChI is InChI=1S/C15H20Cl2N2/c1-19-14-10-12(17)11(16)9-13(14)18-8-7-15(19)5-3-2-4-6-15/h9-10,18H,2-8H2,1H3. The molecule has 1 aromatic rings. The highest BCUT2D eigenvalue weighted by Crippen LogP contribution is 2.44. The number of benzene rings is 1. The first-order valence-corrected chi connectivity index (χ1v) is 7.85. The number of nitrogens with zero attached hydrogens (tertiary/aromatic N) is 1. The number of fused-ring (bicyclic) bond motifs is 1. The molecule has 0 unspecified atom stereocenters. The molecule has 1 N–H and O–H groups in total. The molecule has 1 aromatic carbocycles. The maximum Gasteiger partial charge on any atom is 0.0620 e. The lowest BCUT2D eigenvalue weighted by atomic mass is 9.78. The second-order valence-corrected chi connectivity index (χ2v) is 6.62. The fourth-order valence-corrected chi connectivity index (χ4v) is 3.93. The van der Waals surface area contributed by atoms with E-state index < -0.39 is 0 Å². The first-order valence-electron chi connectivity index (χ1n) is 7.09. The number of halogens is 2. The summed E-state index contributed by atoms with van der Waals surface area (Å²) in [7, 11) is 2.21. The van der Waals surface area contributed by atoms with Crippen molar-refractivity contribution < 1.29 is 0 Å². The van der Waals surface area contributed by atoms with Crippen LogP contribution >= 0.6 is 23.2 Å². The Kier molecular flexibility index (Phi) is 3.57. The molecule has 0 radical (unpaired) electrons. The van der Waals surface area contributed by atoms with Crippen LogP contribution in [0.15, 0.2) is 12.1 Å². The Morgan fingerprint density at radius 1 is 1.05 bits per heavy atom. The summed E-state index contributed by atoms with van der Waals surface area (Å²) in [4.78, 5) is 2.45. The number of hydrogen-bond acceptors (Lipinski definition) is 2. The van der Waals surface area contributed by atoms with E-state index in [9.17, 15) is 0 Å². The average Bonchev–Trinajstić information content (AvgIpc) is 2.53. The molecule has 3 rings (SSSR count). The van der Waals surface area contributed by atoms with E-state index in [0.29, 0.717) is 15.6 Å². The molecule has 104 valence electrons. The molecular weight excluding hydrogens is 279 g/mol. The molecule has 1 saturated carbocycles. The van der Waals surface area contributed by atoms with E-state index in [0.717, 1.165) is 12.2 Å². The van der Waals surface area contributed by atoms with Crippen LogP contribution in [0.25, 0.3) is 0 Å². The summed E-state index contributed by atoms with van der Waals surface area (Å²) < 4.78 is 0. The van der Waals surface area contributed by atoms with E-state index in [1.54, 1.807) is 0 Å². The Balaban J connectivity index is 2.03. The summed E-state index contributed by atoms with van der Waals surface area (Å²) in [5, 5.41) is 4.78. The molecular formula is C15H20Cl2N2. The number of nitrogens with one attached hydrogen (secondary N) is 1. The van der Waals surface area contributed by atoms with Crippen LogP contribution in [0.3, 0.4) is 0 Å². The zero-order valence-corrected chi connectivity index (χ0v) is 12.8. The summed E-state index contributed by atoms with van der Waals surface area (Å²) in [5.41, 5.74) is 2.60. The molecule has 1 aliphatic heterocycles. The van der Waals surface area contributed by atoms with Crippen molar-refractivity contribution in [1.29, 1.82) is 0 Å². The Labute approximate surface area is 125 Å². The van der Waals surface area contributed by atoms with Gasteiger partial charge in [0.2, 0.25) is 0 Å². The minimum atomic E-state index is 0.299. The third kappa shape index (κ3) is 2.30. The number of rotatable bonds is 0. The van der Waals surface area contributed by atoms with Gasteiger partial charge in [0, 0.05) is 19.1 Å². The van der Waals surface area contributed by atoms with Gasteiger partial charge in [-0.2, -0.15) is 0 Å². The highest BCUT2D eigenvalue weighted by atomic mass is 35.5. The smallest absolute Gasteiger partial charge is 0.0620 e. The molecule has 2 aliphatic rings. The molecule has 0 amide bonds. The van der Waals surface area contributed by atoms with Gasteiger partial charge in [-0.05, 0) is 31.4 Å². The maximum absolute atomic E-state index is 6.21. The number of anilines is 2. The lowest BCUT2D eigenvalue weighted by molar-refractivity contribution is 0.274. The van der Waals surface area contributed by atoms with Crippen LogP contribution < -0.4 is 10.2 Å².